The van der Waals surface area contributed by atoms with E-state index in [1.807, 2.05) is 12.3 Å². The number of ether oxygens (including phenoxy) is 1. The molecule has 2 aliphatic carbocycles. The fraction of sp³-hybridized carbons (Fsp3) is 0.320. The van der Waals surface area contributed by atoms with E-state index >= 15 is 0 Å². The minimum Gasteiger partial charge on any atom is -0.489 e. The van der Waals surface area contributed by atoms with Crippen LogP contribution in [0.4, 0.5) is 11.5 Å². The van der Waals surface area contributed by atoms with Crippen LogP contribution in [0.2, 0.25) is 0 Å². The molecular weight excluding hydrogens is 344 g/mol. The molecule has 1 aromatic heterocycles. The highest BCUT2D eigenvalue weighted by Crippen LogP contribution is 2.56. The summed E-state index contributed by atoms with van der Waals surface area (Å²) >= 11 is 0. The van der Waals surface area contributed by atoms with Crippen molar-refractivity contribution in [2.75, 3.05) is 11.4 Å². The van der Waals surface area contributed by atoms with Gasteiger partial charge < -0.3 is 9.64 Å². The summed E-state index contributed by atoms with van der Waals surface area (Å²) in [4.78, 5) is 6.90. The Morgan fingerprint density at radius 2 is 2.04 bits per heavy atom. The molecule has 0 radical (unpaired) electrons. The van der Waals surface area contributed by atoms with Gasteiger partial charge in [0, 0.05) is 18.4 Å². The summed E-state index contributed by atoms with van der Waals surface area (Å²) < 4.78 is 6.17. The minimum atomic E-state index is 0.606. The van der Waals surface area contributed by atoms with Gasteiger partial charge in [-0.25, -0.2) is 4.98 Å². The molecule has 0 bridgehead atoms. The average molecular weight is 368 g/mol. The first-order valence-corrected chi connectivity index (χ1v) is 10.4. The number of aromatic nitrogens is 1. The smallest absolute Gasteiger partial charge is 0.132 e. The predicted molar refractivity (Wildman–Crippen MR) is 111 cm³/mol. The molecule has 140 valence electrons. The fourth-order valence-electron chi connectivity index (χ4n) is 4.97. The molecule has 1 fully saturated rings. The zero-order valence-electron chi connectivity index (χ0n) is 16.0. The maximum atomic E-state index is 6.17. The molecule has 3 nitrogen and oxygen atoms in total. The van der Waals surface area contributed by atoms with Crippen LogP contribution in [0.5, 0.6) is 5.75 Å². The summed E-state index contributed by atoms with van der Waals surface area (Å²) in [7, 11) is 0. The van der Waals surface area contributed by atoms with Crippen molar-refractivity contribution in [3.8, 4) is 5.75 Å². The minimum absolute atomic E-state index is 0.606. The number of hydrogen-bond acceptors (Lipinski definition) is 3. The van der Waals surface area contributed by atoms with Gasteiger partial charge in [-0.3, -0.25) is 0 Å². The lowest BCUT2D eigenvalue weighted by atomic mass is 9.99. The van der Waals surface area contributed by atoms with Crippen molar-refractivity contribution >= 4 is 11.5 Å². The van der Waals surface area contributed by atoms with Gasteiger partial charge in [0.15, 0.2) is 0 Å². The molecule has 0 spiro atoms. The molecule has 2 atom stereocenters. The molecule has 0 amide bonds. The van der Waals surface area contributed by atoms with Gasteiger partial charge >= 0.3 is 0 Å². The van der Waals surface area contributed by atoms with Crippen molar-refractivity contribution in [3.05, 3.63) is 83.0 Å². The van der Waals surface area contributed by atoms with Crippen LogP contribution in [0.1, 0.15) is 41.0 Å². The van der Waals surface area contributed by atoms with Gasteiger partial charge in [0.1, 0.15) is 18.2 Å². The normalized spacial score (nSPS) is 21.6. The molecule has 3 heteroatoms. The van der Waals surface area contributed by atoms with Gasteiger partial charge in [0.25, 0.3) is 0 Å². The summed E-state index contributed by atoms with van der Waals surface area (Å²) in [5, 5.41) is 0. The molecule has 0 N–H and O–H groups in total. The number of aryl methyl sites for hydroxylation is 1. The Bertz CT molecular complexity index is 1030. The van der Waals surface area contributed by atoms with E-state index in [9.17, 15) is 0 Å². The SMILES string of the molecule is c1ccc(N2CCCc3ccc(COc4ccc5c(c4)CC4CC54)cc32)nc1. The number of hydrogen-bond donors (Lipinski definition) is 0. The Hall–Kier alpha value is -2.81. The summed E-state index contributed by atoms with van der Waals surface area (Å²) in [6.45, 7) is 1.62. The van der Waals surface area contributed by atoms with Crippen LogP contribution >= 0.6 is 0 Å². The molecule has 2 aromatic carbocycles. The molecule has 6 rings (SSSR count). The number of pyridine rings is 1. The Labute approximate surface area is 166 Å². The van der Waals surface area contributed by atoms with E-state index in [0.717, 1.165) is 42.8 Å². The number of fused-ring (bicyclic) bond motifs is 4. The van der Waals surface area contributed by atoms with E-state index in [4.69, 9.17) is 4.74 Å². The topological polar surface area (TPSA) is 25.4 Å². The lowest BCUT2D eigenvalue weighted by molar-refractivity contribution is 0.306. The molecule has 0 saturated heterocycles. The van der Waals surface area contributed by atoms with Crippen LogP contribution in [0, 0.1) is 5.92 Å². The maximum absolute atomic E-state index is 6.17. The third-order valence-electron chi connectivity index (χ3n) is 6.52. The first-order chi connectivity index (χ1) is 13.8. The third-order valence-corrected chi connectivity index (χ3v) is 6.52. The van der Waals surface area contributed by atoms with Crippen molar-refractivity contribution in [1.82, 2.24) is 4.98 Å². The van der Waals surface area contributed by atoms with Crippen molar-refractivity contribution < 1.29 is 4.74 Å². The zero-order chi connectivity index (χ0) is 18.5. The summed E-state index contributed by atoms with van der Waals surface area (Å²) in [5.74, 6) is 3.80. The van der Waals surface area contributed by atoms with Gasteiger partial charge in [-0.1, -0.05) is 24.3 Å². The number of nitrogens with zero attached hydrogens (tertiary/aromatic N) is 2. The second kappa shape index (κ2) is 6.37. The van der Waals surface area contributed by atoms with Crippen LogP contribution in [0.25, 0.3) is 0 Å². The van der Waals surface area contributed by atoms with Crippen LogP contribution in [-0.4, -0.2) is 11.5 Å². The highest BCUT2D eigenvalue weighted by Gasteiger charge is 2.44. The highest BCUT2D eigenvalue weighted by atomic mass is 16.5. The van der Waals surface area contributed by atoms with Crippen molar-refractivity contribution in [2.24, 2.45) is 5.92 Å². The average Bonchev–Trinajstić information content (AvgIpc) is 3.43. The fourth-order valence-corrected chi connectivity index (χ4v) is 4.97. The predicted octanol–water partition coefficient (Wildman–Crippen LogP) is 5.40. The second-order valence-electron chi connectivity index (χ2n) is 8.36. The first-order valence-electron chi connectivity index (χ1n) is 10.4. The van der Waals surface area contributed by atoms with E-state index in [2.05, 4.69) is 58.4 Å². The standard InChI is InChI=1S/C25H24N2O/c1-2-10-26-25(5-1)27-11-3-4-18-7-6-17(12-24(18)27)16-28-21-8-9-22-19(14-21)13-20-15-23(20)22/h1-2,5-10,12,14,20,23H,3-4,11,13,15-16H2. The molecule has 1 aliphatic heterocycles. The molecular formula is C25H24N2O. The number of benzene rings is 2. The second-order valence-corrected chi connectivity index (χ2v) is 8.36. The van der Waals surface area contributed by atoms with E-state index < -0.39 is 0 Å². The molecule has 2 heterocycles. The Morgan fingerprint density at radius 1 is 1.04 bits per heavy atom. The van der Waals surface area contributed by atoms with E-state index in [0.29, 0.717) is 6.61 Å². The van der Waals surface area contributed by atoms with Crippen LogP contribution < -0.4 is 9.64 Å². The van der Waals surface area contributed by atoms with Crippen LogP contribution in [0.3, 0.4) is 0 Å². The van der Waals surface area contributed by atoms with E-state index in [-0.39, 0.29) is 0 Å². The van der Waals surface area contributed by atoms with Crippen LogP contribution in [0.15, 0.2) is 60.8 Å². The summed E-state index contributed by atoms with van der Waals surface area (Å²) in [5.41, 5.74) is 6.96. The lowest BCUT2D eigenvalue weighted by Crippen LogP contribution is -2.25. The number of rotatable bonds is 4. The van der Waals surface area contributed by atoms with Gasteiger partial charge in [0.05, 0.1) is 0 Å². The zero-order valence-corrected chi connectivity index (χ0v) is 16.0. The molecule has 3 aromatic rings. The monoisotopic (exact) mass is 368 g/mol. The maximum Gasteiger partial charge on any atom is 0.132 e. The van der Waals surface area contributed by atoms with E-state index in [1.165, 1.54) is 35.2 Å². The van der Waals surface area contributed by atoms with Crippen molar-refractivity contribution in [1.29, 1.82) is 0 Å². The van der Waals surface area contributed by atoms with Gasteiger partial charge in [-0.05, 0) is 90.1 Å². The molecule has 3 aliphatic rings. The Balaban J connectivity index is 1.23. The van der Waals surface area contributed by atoms with E-state index in [1.54, 1.807) is 5.56 Å². The van der Waals surface area contributed by atoms with Gasteiger partial charge in [0.2, 0.25) is 0 Å². The van der Waals surface area contributed by atoms with Crippen molar-refractivity contribution in [2.45, 2.75) is 38.2 Å². The Morgan fingerprint density at radius 3 is 2.96 bits per heavy atom. The lowest BCUT2D eigenvalue weighted by Gasteiger charge is -2.31. The third kappa shape index (κ3) is 2.77. The van der Waals surface area contributed by atoms with Crippen LogP contribution in [-0.2, 0) is 19.4 Å². The summed E-state index contributed by atoms with van der Waals surface area (Å²) in [6.07, 6.45) is 6.81. The summed E-state index contributed by atoms with van der Waals surface area (Å²) in [6, 6.07) is 19.6. The largest absolute Gasteiger partial charge is 0.489 e. The van der Waals surface area contributed by atoms with Crippen molar-refractivity contribution in [3.63, 3.8) is 0 Å². The van der Waals surface area contributed by atoms with Gasteiger partial charge in [-0.15, -0.1) is 0 Å². The molecule has 1 saturated carbocycles. The highest BCUT2D eigenvalue weighted by molar-refractivity contribution is 5.66. The molecule has 28 heavy (non-hydrogen) atoms. The Kier molecular flexibility index (Phi) is 3.68. The molecule has 2 unspecified atom stereocenters. The van der Waals surface area contributed by atoms with Gasteiger partial charge in [-0.2, -0.15) is 0 Å². The first kappa shape index (κ1) is 16.2. The number of anilines is 2. The quantitative estimate of drug-likeness (QED) is 0.616.